The highest BCUT2D eigenvalue weighted by atomic mass is 35.5. The van der Waals surface area contributed by atoms with Gasteiger partial charge in [0.15, 0.2) is 0 Å². The molecule has 3 nitrogen and oxygen atoms in total. The van der Waals surface area contributed by atoms with Gasteiger partial charge in [-0.3, -0.25) is 0 Å². The molecule has 0 aliphatic carbocycles. The van der Waals surface area contributed by atoms with Gasteiger partial charge in [-0.15, -0.1) is 0 Å². The van der Waals surface area contributed by atoms with E-state index in [1.165, 1.54) is 12.1 Å². The van der Waals surface area contributed by atoms with Crippen molar-refractivity contribution in [3.63, 3.8) is 0 Å². The molecule has 0 amide bonds. The molecule has 0 unspecified atom stereocenters. The van der Waals surface area contributed by atoms with E-state index in [1.807, 2.05) is 31.9 Å². The molecular weight excluding hydrogens is 363 g/mol. The maximum atomic E-state index is 12.7. The van der Waals surface area contributed by atoms with Gasteiger partial charge in [-0.1, -0.05) is 11.6 Å². The third kappa shape index (κ3) is 4.69. The van der Waals surface area contributed by atoms with Gasteiger partial charge in [-0.05, 0) is 55.8 Å². The van der Waals surface area contributed by atoms with Gasteiger partial charge in [0.1, 0.15) is 0 Å². The zero-order chi connectivity index (χ0) is 19.5. The first-order valence-corrected chi connectivity index (χ1v) is 8.46. The van der Waals surface area contributed by atoms with E-state index in [2.05, 4.69) is 4.99 Å². The molecule has 0 bridgehead atoms. The fourth-order valence-electron chi connectivity index (χ4n) is 2.37. The van der Waals surface area contributed by atoms with Crippen LogP contribution in [0.15, 0.2) is 41.4 Å². The molecule has 26 heavy (non-hydrogen) atoms. The van der Waals surface area contributed by atoms with Gasteiger partial charge in [0.2, 0.25) is 0 Å². The van der Waals surface area contributed by atoms with E-state index in [4.69, 9.17) is 11.6 Å². The number of hydrogen-bond donors (Lipinski definition) is 0. The van der Waals surface area contributed by atoms with Crippen molar-refractivity contribution < 1.29 is 13.2 Å². The minimum atomic E-state index is -4.35. The van der Waals surface area contributed by atoms with Crippen molar-refractivity contribution in [2.75, 3.05) is 25.5 Å². The molecule has 0 saturated carbocycles. The summed E-state index contributed by atoms with van der Waals surface area (Å²) in [5, 5.41) is 0.477. The van der Waals surface area contributed by atoms with Crippen LogP contribution in [0.25, 0.3) is 0 Å². The second kappa shape index (κ2) is 7.99. The lowest BCUT2D eigenvalue weighted by Gasteiger charge is -2.23. The molecular formula is C19H21ClF3N3. The van der Waals surface area contributed by atoms with E-state index >= 15 is 0 Å². The van der Waals surface area contributed by atoms with E-state index in [-0.39, 0.29) is 0 Å². The average Bonchev–Trinajstić information content (AvgIpc) is 2.60. The monoisotopic (exact) mass is 383 g/mol. The Hall–Kier alpha value is -2.21. The predicted molar refractivity (Wildman–Crippen MR) is 102 cm³/mol. The Balaban J connectivity index is 2.30. The topological polar surface area (TPSA) is 18.8 Å². The summed E-state index contributed by atoms with van der Waals surface area (Å²) >= 11 is 6.34. The number of hydrogen-bond acceptors (Lipinski definition) is 2. The van der Waals surface area contributed by atoms with Gasteiger partial charge in [0.25, 0.3) is 0 Å². The fraction of sp³-hybridized carbons (Fsp3) is 0.316. The van der Waals surface area contributed by atoms with Crippen LogP contribution >= 0.6 is 11.6 Å². The number of aliphatic imine (C=N–C) groups is 1. The predicted octanol–water partition coefficient (Wildman–Crippen LogP) is 6.05. The first-order valence-electron chi connectivity index (χ1n) is 8.09. The smallest absolute Gasteiger partial charge is 0.366 e. The first-order chi connectivity index (χ1) is 12.1. The standard InChI is InChI=1S/C19H21ClF3N3/c1-5-25(3)12-24-17-10-13(2)18(11-16(17)20)26(4)15-8-6-14(7-9-15)19(21,22)23/h6-12H,5H2,1-4H3. The van der Waals surface area contributed by atoms with Crippen LogP contribution in [-0.4, -0.2) is 31.9 Å². The molecule has 0 spiro atoms. The maximum absolute atomic E-state index is 12.7. The molecule has 0 aliphatic heterocycles. The van der Waals surface area contributed by atoms with Gasteiger partial charge in [0.05, 0.1) is 22.6 Å². The molecule has 2 aromatic rings. The largest absolute Gasteiger partial charge is 0.416 e. The molecule has 0 aliphatic rings. The van der Waals surface area contributed by atoms with Gasteiger partial charge in [-0.2, -0.15) is 13.2 Å². The minimum Gasteiger partial charge on any atom is -0.366 e. The highest BCUT2D eigenvalue weighted by molar-refractivity contribution is 6.33. The Morgan fingerprint density at radius 3 is 2.27 bits per heavy atom. The summed E-state index contributed by atoms with van der Waals surface area (Å²) in [5.74, 6) is 0. The van der Waals surface area contributed by atoms with Crippen LogP contribution in [-0.2, 0) is 6.18 Å². The van der Waals surface area contributed by atoms with Crippen molar-refractivity contribution in [3.8, 4) is 0 Å². The number of nitrogens with zero attached hydrogens (tertiary/aromatic N) is 3. The lowest BCUT2D eigenvalue weighted by atomic mass is 10.1. The Labute approximate surface area is 156 Å². The quantitative estimate of drug-likeness (QED) is 0.462. The molecule has 0 N–H and O–H groups in total. The first kappa shape index (κ1) is 20.1. The summed E-state index contributed by atoms with van der Waals surface area (Å²) in [7, 11) is 3.70. The number of alkyl halides is 3. The van der Waals surface area contributed by atoms with E-state index in [0.29, 0.717) is 16.4 Å². The molecule has 2 aromatic carbocycles. The van der Waals surface area contributed by atoms with Crippen molar-refractivity contribution >= 4 is 35.0 Å². The van der Waals surface area contributed by atoms with Crippen molar-refractivity contribution in [3.05, 3.63) is 52.5 Å². The van der Waals surface area contributed by atoms with Crippen molar-refractivity contribution in [2.24, 2.45) is 4.99 Å². The average molecular weight is 384 g/mol. The summed E-state index contributed by atoms with van der Waals surface area (Å²) < 4.78 is 38.1. The van der Waals surface area contributed by atoms with Crippen LogP contribution in [0.3, 0.4) is 0 Å². The third-order valence-corrected chi connectivity index (χ3v) is 4.40. The second-order valence-electron chi connectivity index (χ2n) is 6.01. The Bertz CT molecular complexity index is 786. The number of halogens is 4. The summed E-state index contributed by atoms with van der Waals surface area (Å²) in [6.07, 6.45) is -2.64. The Morgan fingerprint density at radius 1 is 1.12 bits per heavy atom. The van der Waals surface area contributed by atoms with Gasteiger partial charge in [-0.25, -0.2) is 4.99 Å². The highest BCUT2D eigenvalue weighted by Gasteiger charge is 2.30. The summed E-state index contributed by atoms with van der Waals surface area (Å²) in [6.45, 7) is 4.75. The maximum Gasteiger partial charge on any atom is 0.416 e. The van der Waals surface area contributed by atoms with Crippen molar-refractivity contribution in [1.29, 1.82) is 0 Å². The zero-order valence-corrected chi connectivity index (χ0v) is 15.9. The molecule has 7 heteroatoms. The van der Waals surface area contributed by atoms with E-state index < -0.39 is 11.7 Å². The summed E-state index contributed by atoms with van der Waals surface area (Å²) in [5.41, 5.74) is 2.34. The van der Waals surface area contributed by atoms with E-state index in [1.54, 1.807) is 24.4 Å². The Kier molecular flexibility index (Phi) is 6.18. The molecule has 140 valence electrons. The summed E-state index contributed by atoms with van der Waals surface area (Å²) in [4.78, 5) is 8.10. The van der Waals surface area contributed by atoms with Gasteiger partial charge in [0, 0.05) is 32.0 Å². The Morgan fingerprint density at radius 2 is 1.73 bits per heavy atom. The third-order valence-electron chi connectivity index (χ3n) is 4.10. The normalized spacial score (nSPS) is 11.8. The van der Waals surface area contributed by atoms with Crippen LogP contribution in [0.5, 0.6) is 0 Å². The van der Waals surface area contributed by atoms with E-state index in [9.17, 15) is 13.2 Å². The number of benzene rings is 2. The van der Waals surface area contributed by atoms with Gasteiger partial charge < -0.3 is 9.80 Å². The molecule has 0 aromatic heterocycles. The van der Waals surface area contributed by atoms with Crippen LogP contribution in [0, 0.1) is 6.92 Å². The van der Waals surface area contributed by atoms with Gasteiger partial charge >= 0.3 is 6.18 Å². The molecule has 0 atom stereocenters. The molecule has 0 heterocycles. The van der Waals surface area contributed by atoms with Crippen LogP contribution < -0.4 is 4.90 Å². The number of rotatable bonds is 5. The van der Waals surface area contributed by atoms with E-state index in [0.717, 1.165) is 29.9 Å². The van der Waals surface area contributed by atoms with Crippen LogP contribution in [0.2, 0.25) is 5.02 Å². The zero-order valence-electron chi connectivity index (χ0n) is 15.1. The highest BCUT2D eigenvalue weighted by Crippen LogP contribution is 2.36. The SMILES string of the molecule is CCN(C)C=Nc1cc(C)c(N(C)c2ccc(C(F)(F)F)cc2)cc1Cl. The second-order valence-corrected chi connectivity index (χ2v) is 6.42. The molecule has 2 rings (SSSR count). The lowest BCUT2D eigenvalue weighted by molar-refractivity contribution is -0.137. The van der Waals surface area contributed by atoms with Crippen LogP contribution in [0.1, 0.15) is 18.1 Å². The van der Waals surface area contributed by atoms with Crippen LogP contribution in [0.4, 0.5) is 30.2 Å². The molecule has 0 fully saturated rings. The molecule has 0 saturated heterocycles. The number of aryl methyl sites for hydroxylation is 1. The minimum absolute atomic E-state index is 0.477. The number of anilines is 2. The van der Waals surface area contributed by atoms with Crippen molar-refractivity contribution in [2.45, 2.75) is 20.0 Å². The van der Waals surface area contributed by atoms with Crippen molar-refractivity contribution in [1.82, 2.24) is 4.90 Å². The molecule has 0 radical (unpaired) electrons. The lowest BCUT2D eigenvalue weighted by Crippen LogP contribution is -2.14. The summed E-state index contributed by atoms with van der Waals surface area (Å²) in [6, 6.07) is 8.66. The fourth-order valence-corrected chi connectivity index (χ4v) is 2.58.